The number of halogens is 1. The fraction of sp³-hybridized carbons (Fsp3) is 0.250. The van der Waals surface area contributed by atoms with E-state index in [9.17, 15) is 14.4 Å². The number of carbonyl (C=O) groups is 3. The molecule has 15 heteroatoms. The van der Waals surface area contributed by atoms with E-state index in [1.165, 1.54) is 12.4 Å². The molecule has 3 aromatic rings. The van der Waals surface area contributed by atoms with Crippen molar-refractivity contribution in [3.63, 3.8) is 0 Å². The van der Waals surface area contributed by atoms with Gasteiger partial charge in [-0.15, -0.1) is 12.4 Å². The number of hydrogen-bond donors (Lipinski definition) is 9. The summed E-state index contributed by atoms with van der Waals surface area (Å²) in [6, 6.07) is 0. The summed E-state index contributed by atoms with van der Waals surface area (Å²) in [7, 11) is 0. The number of amidine groups is 1. The monoisotopic (exact) mass is 506 g/mol. The predicted molar refractivity (Wildman–Crippen MR) is 132 cm³/mol. The van der Waals surface area contributed by atoms with Crippen molar-refractivity contribution in [3.05, 3.63) is 46.4 Å². The Morgan fingerprint density at radius 2 is 1.66 bits per heavy atom. The highest BCUT2D eigenvalue weighted by Crippen LogP contribution is 2.22. The molecule has 0 atom stereocenters. The van der Waals surface area contributed by atoms with Crippen LogP contribution in [-0.4, -0.2) is 55.2 Å². The molecule has 0 bridgehead atoms. The van der Waals surface area contributed by atoms with Gasteiger partial charge >= 0.3 is 0 Å². The van der Waals surface area contributed by atoms with E-state index in [2.05, 4.69) is 41.0 Å². The van der Waals surface area contributed by atoms with Crippen LogP contribution in [0.15, 0.2) is 17.5 Å². The van der Waals surface area contributed by atoms with Crippen molar-refractivity contribution in [1.29, 1.82) is 0 Å². The fourth-order valence-corrected chi connectivity index (χ4v) is 3.09. The Morgan fingerprint density at radius 1 is 1.03 bits per heavy atom. The summed E-state index contributed by atoms with van der Waals surface area (Å²) in [5.41, 5.74) is 14.2. The third kappa shape index (κ3) is 5.92. The minimum atomic E-state index is -0.518. The maximum Gasteiger partial charge on any atom is 0.287 e. The molecule has 11 N–H and O–H groups in total. The van der Waals surface area contributed by atoms with E-state index in [4.69, 9.17) is 16.7 Å². The number of nitrogens with zero attached hydrogens (tertiary/aromatic N) is 2. The zero-order chi connectivity index (χ0) is 25.0. The van der Waals surface area contributed by atoms with Crippen LogP contribution in [-0.2, 0) is 0 Å². The van der Waals surface area contributed by atoms with E-state index in [-0.39, 0.29) is 48.5 Å². The van der Waals surface area contributed by atoms with E-state index in [1.807, 2.05) is 0 Å². The highest BCUT2D eigenvalue weighted by molar-refractivity contribution is 6.08. The maximum absolute atomic E-state index is 12.8. The van der Waals surface area contributed by atoms with E-state index >= 15 is 0 Å². The minimum Gasteiger partial charge on any atom is -0.409 e. The number of nitrogens with one attached hydrogen (secondary N) is 6. The number of aryl methyl sites for hydroxylation is 1. The molecule has 0 fully saturated rings. The third-order valence-electron chi connectivity index (χ3n) is 5.15. The first kappa shape index (κ1) is 26.8. The lowest BCUT2D eigenvalue weighted by atomic mass is 10.2. The molecule has 0 aromatic carbocycles. The molecule has 0 saturated carbocycles. The smallest absolute Gasteiger partial charge is 0.287 e. The van der Waals surface area contributed by atoms with Crippen LogP contribution in [0.25, 0.3) is 0 Å². The Labute approximate surface area is 205 Å². The average Bonchev–Trinajstić information content (AvgIpc) is 3.46. The van der Waals surface area contributed by atoms with Gasteiger partial charge in [0, 0.05) is 36.5 Å². The standard InChI is InChI=1S/C20H26N10O4.ClH/c1-8-11(21)6-24-14(8)18(31)27-12-7-25-15(9(12)2)19(32)29-16-10(3)26-17(28-16)20(33)23-5-4-13(22)30-34;/h6-7,24-25,34H,4-5,21H2,1-3H3,(H2,22,30)(H,23,33)(H,26,28)(H,27,31)(H,29,32);1H. The Bertz CT molecular complexity index is 1270. The lowest BCUT2D eigenvalue weighted by Gasteiger charge is -2.06. The van der Waals surface area contributed by atoms with Gasteiger partial charge < -0.3 is 47.6 Å². The van der Waals surface area contributed by atoms with Crippen LogP contribution in [0.3, 0.4) is 0 Å². The molecule has 3 heterocycles. The van der Waals surface area contributed by atoms with Crippen molar-refractivity contribution in [2.75, 3.05) is 22.9 Å². The first-order valence-corrected chi connectivity index (χ1v) is 10.2. The molecule has 188 valence electrons. The highest BCUT2D eigenvalue weighted by atomic mass is 35.5. The minimum absolute atomic E-state index is 0. The number of anilines is 3. The van der Waals surface area contributed by atoms with E-state index in [0.717, 1.165) is 0 Å². The number of imidazole rings is 1. The molecular formula is C20H27ClN10O4. The van der Waals surface area contributed by atoms with Crippen molar-refractivity contribution in [3.8, 4) is 0 Å². The van der Waals surface area contributed by atoms with Crippen LogP contribution in [0.4, 0.5) is 17.2 Å². The number of carbonyl (C=O) groups excluding carboxylic acids is 3. The summed E-state index contributed by atoms with van der Waals surface area (Å²) in [5.74, 6) is -1.28. The van der Waals surface area contributed by atoms with Gasteiger partial charge in [0.25, 0.3) is 17.7 Å². The molecule has 3 rings (SSSR count). The van der Waals surface area contributed by atoms with Crippen LogP contribution in [0.2, 0.25) is 0 Å². The van der Waals surface area contributed by atoms with Crippen molar-refractivity contribution in [2.45, 2.75) is 27.2 Å². The van der Waals surface area contributed by atoms with Crippen molar-refractivity contribution >= 4 is 53.2 Å². The van der Waals surface area contributed by atoms with E-state index in [0.29, 0.717) is 33.9 Å². The van der Waals surface area contributed by atoms with Gasteiger partial charge in [0.1, 0.15) is 17.2 Å². The molecule has 3 amide bonds. The zero-order valence-corrected chi connectivity index (χ0v) is 20.0. The first-order chi connectivity index (χ1) is 16.1. The second-order valence-electron chi connectivity index (χ2n) is 7.51. The van der Waals surface area contributed by atoms with Crippen molar-refractivity contribution in [1.82, 2.24) is 25.3 Å². The van der Waals surface area contributed by atoms with Crippen LogP contribution in [0.5, 0.6) is 0 Å². The molecule has 0 radical (unpaired) electrons. The summed E-state index contributed by atoms with van der Waals surface area (Å²) in [6.45, 7) is 5.19. The van der Waals surface area contributed by atoms with Gasteiger partial charge in [-0.3, -0.25) is 14.4 Å². The summed E-state index contributed by atoms with van der Waals surface area (Å²) in [6.07, 6.45) is 3.20. The molecule has 0 unspecified atom stereocenters. The molecule has 35 heavy (non-hydrogen) atoms. The van der Waals surface area contributed by atoms with Gasteiger partial charge in [-0.1, -0.05) is 5.16 Å². The third-order valence-corrected chi connectivity index (χ3v) is 5.15. The lowest BCUT2D eigenvalue weighted by Crippen LogP contribution is -2.28. The van der Waals surface area contributed by atoms with Crippen LogP contribution in [0, 0.1) is 20.8 Å². The predicted octanol–water partition coefficient (Wildman–Crippen LogP) is 1.37. The van der Waals surface area contributed by atoms with Crippen molar-refractivity contribution < 1.29 is 19.6 Å². The summed E-state index contributed by atoms with van der Waals surface area (Å²) >= 11 is 0. The maximum atomic E-state index is 12.8. The Balaban J connectivity index is 0.00000432. The number of rotatable bonds is 8. The van der Waals surface area contributed by atoms with Gasteiger partial charge in [-0.2, -0.15) is 0 Å². The fourth-order valence-electron chi connectivity index (χ4n) is 3.09. The molecular weight excluding hydrogens is 480 g/mol. The van der Waals surface area contributed by atoms with Gasteiger partial charge in [0.05, 0.1) is 17.1 Å². The molecule has 0 saturated heterocycles. The second kappa shape index (κ2) is 11.1. The number of nitrogen functional groups attached to an aromatic ring is 1. The molecule has 14 nitrogen and oxygen atoms in total. The topological polar surface area (TPSA) is 232 Å². The number of aromatic nitrogens is 4. The zero-order valence-electron chi connectivity index (χ0n) is 19.2. The number of amides is 3. The molecule has 3 aromatic heterocycles. The van der Waals surface area contributed by atoms with Gasteiger partial charge in [0.15, 0.2) is 11.6 Å². The normalized spacial score (nSPS) is 11.0. The second-order valence-corrected chi connectivity index (χ2v) is 7.51. The van der Waals surface area contributed by atoms with Crippen molar-refractivity contribution in [2.24, 2.45) is 10.9 Å². The van der Waals surface area contributed by atoms with E-state index < -0.39 is 17.7 Å². The molecule has 0 spiro atoms. The Kier molecular flexibility index (Phi) is 8.50. The highest BCUT2D eigenvalue weighted by Gasteiger charge is 2.21. The quantitative estimate of drug-likeness (QED) is 0.0940. The molecule has 0 aliphatic rings. The Hall–Kier alpha value is -4.46. The number of nitrogens with two attached hydrogens (primary N) is 2. The number of aromatic amines is 3. The SMILES string of the molecule is Cc1[nH]c(C(=O)NCCC(N)=NO)nc1NC(=O)c1[nH]cc(NC(=O)c2[nH]cc(N)c2C)c1C.Cl. The van der Waals surface area contributed by atoms with Crippen LogP contribution < -0.4 is 27.4 Å². The Morgan fingerprint density at radius 3 is 2.29 bits per heavy atom. The molecule has 0 aliphatic heterocycles. The first-order valence-electron chi connectivity index (χ1n) is 10.2. The lowest BCUT2D eigenvalue weighted by molar-refractivity contribution is 0.0943. The van der Waals surface area contributed by atoms with Gasteiger partial charge in [-0.25, -0.2) is 4.98 Å². The molecule has 0 aliphatic carbocycles. The summed E-state index contributed by atoms with van der Waals surface area (Å²) in [4.78, 5) is 50.1. The average molecular weight is 507 g/mol. The van der Waals surface area contributed by atoms with E-state index in [1.54, 1.807) is 20.8 Å². The van der Waals surface area contributed by atoms with Crippen LogP contribution >= 0.6 is 12.4 Å². The number of hydrogen-bond acceptors (Lipinski definition) is 7. The largest absolute Gasteiger partial charge is 0.409 e. The summed E-state index contributed by atoms with van der Waals surface area (Å²) < 4.78 is 0. The number of H-pyrrole nitrogens is 3. The number of oxime groups is 1. The summed E-state index contributed by atoms with van der Waals surface area (Å²) in [5, 5.41) is 19.3. The van der Waals surface area contributed by atoms with Gasteiger partial charge in [-0.05, 0) is 20.8 Å². The van der Waals surface area contributed by atoms with Gasteiger partial charge in [0.2, 0.25) is 0 Å². The van der Waals surface area contributed by atoms with Crippen LogP contribution in [0.1, 0.15) is 54.8 Å².